The van der Waals surface area contributed by atoms with E-state index >= 15 is 0 Å². The SMILES string of the molecule is Cc1ccc(-c2cc(C(=O)NCc3cccnc3)cc(C3=NOC(c4ccccn4)C3)c2)c(F)c1. The van der Waals surface area contributed by atoms with Crippen molar-refractivity contribution in [1.29, 1.82) is 0 Å². The van der Waals surface area contributed by atoms with Crippen molar-refractivity contribution in [3.63, 3.8) is 0 Å². The van der Waals surface area contributed by atoms with E-state index in [1.165, 1.54) is 6.07 Å². The highest BCUT2D eigenvalue weighted by atomic mass is 19.1. The number of oxime groups is 1. The van der Waals surface area contributed by atoms with Crippen molar-refractivity contribution in [2.45, 2.75) is 26.0 Å². The maximum Gasteiger partial charge on any atom is 0.251 e. The van der Waals surface area contributed by atoms with Crippen LogP contribution in [0.15, 0.2) is 90.5 Å². The quantitative estimate of drug-likeness (QED) is 0.414. The van der Waals surface area contributed by atoms with Crippen molar-refractivity contribution in [3.05, 3.63) is 119 Å². The van der Waals surface area contributed by atoms with E-state index in [0.717, 1.165) is 16.8 Å². The molecule has 3 heterocycles. The van der Waals surface area contributed by atoms with Crippen molar-refractivity contribution in [2.75, 3.05) is 0 Å². The van der Waals surface area contributed by atoms with Gasteiger partial charge in [0.2, 0.25) is 0 Å². The molecule has 0 saturated heterocycles. The molecule has 4 aromatic rings. The van der Waals surface area contributed by atoms with E-state index < -0.39 is 0 Å². The summed E-state index contributed by atoms with van der Waals surface area (Å²) in [4.78, 5) is 27.2. The van der Waals surface area contributed by atoms with Gasteiger partial charge in [0.1, 0.15) is 5.82 Å². The second kappa shape index (κ2) is 9.85. The fourth-order valence-corrected chi connectivity index (χ4v) is 4.00. The minimum absolute atomic E-state index is 0.273. The Labute approximate surface area is 202 Å². The standard InChI is InChI=1S/C28H23FN4O2/c1-18-7-8-23(24(29)11-18)20-12-21(26-15-27(35-33-26)25-6-2-3-10-31-25)14-22(13-20)28(34)32-17-19-5-4-9-30-16-19/h2-14,16,27H,15,17H2,1H3,(H,32,34). The first-order chi connectivity index (χ1) is 17.1. The largest absolute Gasteiger partial charge is 0.385 e. The van der Waals surface area contributed by atoms with Crippen molar-refractivity contribution < 1.29 is 14.0 Å². The van der Waals surface area contributed by atoms with Crippen LogP contribution in [-0.4, -0.2) is 21.6 Å². The Hall–Kier alpha value is -4.39. The predicted molar refractivity (Wildman–Crippen MR) is 131 cm³/mol. The Balaban J connectivity index is 1.47. The molecular formula is C28H23FN4O2. The van der Waals surface area contributed by atoms with Crippen LogP contribution >= 0.6 is 0 Å². The number of pyridine rings is 2. The smallest absolute Gasteiger partial charge is 0.251 e. The van der Waals surface area contributed by atoms with E-state index in [9.17, 15) is 9.18 Å². The minimum atomic E-state index is -0.347. The van der Waals surface area contributed by atoms with Crippen molar-refractivity contribution in [3.8, 4) is 11.1 Å². The molecule has 1 amide bonds. The molecule has 7 heteroatoms. The molecule has 2 aromatic carbocycles. The van der Waals surface area contributed by atoms with Crippen LogP contribution in [-0.2, 0) is 11.4 Å². The Morgan fingerprint density at radius 1 is 1.06 bits per heavy atom. The fraction of sp³-hybridized carbons (Fsp3) is 0.143. The number of nitrogens with zero attached hydrogens (tertiary/aromatic N) is 3. The molecule has 1 N–H and O–H groups in total. The number of amides is 1. The summed E-state index contributed by atoms with van der Waals surface area (Å²) in [6.07, 6.45) is 5.27. The highest BCUT2D eigenvalue weighted by Crippen LogP contribution is 2.31. The van der Waals surface area contributed by atoms with Crippen LogP contribution in [0.4, 0.5) is 4.39 Å². The second-order valence-corrected chi connectivity index (χ2v) is 8.42. The molecule has 2 aromatic heterocycles. The molecule has 0 bridgehead atoms. The van der Waals surface area contributed by atoms with Gasteiger partial charge in [0.15, 0.2) is 6.10 Å². The predicted octanol–water partition coefficient (Wildman–Crippen LogP) is 5.39. The zero-order chi connectivity index (χ0) is 24.2. The average molecular weight is 467 g/mol. The van der Waals surface area contributed by atoms with Gasteiger partial charge < -0.3 is 10.2 Å². The van der Waals surface area contributed by atoms with Crippen LogP contribution in [0.1, 0.15) is 45.3 Å². The van der Waals surface area contributed by atoms with Crippen LogP contribution in [0.3, 0.4) is 0 Å². The number of aryl methyl sites for hydroxylation is 1. The molecule has 0 saturated carbocycles. The first-order valence-corrected chi connectivity index (χ1v) is 11.3. The number of hydrogen-bond acceptors (Lipinski definition) is 5. The van der Waals surface area contributed by atoms with Gasteiger partial charge in [0, 0.05) is 48.2 Å². The average Bonchev–Trinajstić information content (AvgIpc) is 3.39. The van der Waals surface area contributed by atoms with Crippen LogP contribution < -0.4 is 5.32 Å². The minimum Gasteiger partial charge on any atom is -0.385 e. The van der Waals surface area contributed by atoms with E-state index in [2.05, 4.69) is 20.4 Å². The normalized spacial score (nSPS) is 14.8. The highest BCUT2D eigenvalue weighted by molar-refractivity contribution is 6.05. The first-order valence-electron chi connectivity index (χ1n) is 11.3. The van der Waals surface area contributed by atoms with Gasteiger partial charge in [-0.2, -0.15) is 0 Å². The molecule has 5 rings (SSSR count). The van der Waals surface area contributed by atoms with Gasteiger partial charge in [-0.1, -0.05) is 29.4 Å². The van der Waals surface area contributed by atoms with Gasteiger partial charge in [-0.25, -0.2) is 4.39 Å². The van der Waals surface area contributed by atoms with Crippen molar-refractivity contribution in [2.24, 2.45) is 5.16 Å². The van der Waals surface area contributed by atoms with E-state index in [4.69, 9.17) is 4.84 Å². The molecule has 0 spiro atoms. The summed E-state index contributed by atoms with van der Waals surface area (Å²) in [6.45, 7) is 2.17. The third-order valence-corrected chi connectivity index (χ3v) is 5.83. The second-order valence-electron chi connectivity index (χ2n) is 8.42. The summed E-state index contributed by atoms with van der Waals surface area (Å²) in [6, 6.07) is 19.7. The number of nitrogens with one attached hydrogen (secondary N) is 1. The molecule has 1 unspecified atom stereocenters. The Morgan fingerprint density at radius 3 is 2.71 bits per heavy atom. The third kappa shape index (κ3) is 5.09. The zero-order valence-electron chi connectivity index (χ0n) is 19.1. The number of carbonyl (C=O) groups excluding carboxylic acids is 1. The number of carbonyl (C=O) groups is 1. The molecule has 174 valence electrons. The summed E-state index contributed by atoms with van der Waals surface area (Å²) in [7, 11) is 0. The summed E-state index contributed by atoms with van der Waals surface area (Å²) in [5, 5.41) is 7.19. The van der Waals surface area contributed by atoms with Crippen LogP contribution in [0.5, 0.6) is 0 Å². The van der Waals surface area contributed by atoms with Gasteiger partial charge in [-0.05, 0) is 66.1 Å². The molecule has 0 aliphatic carbocycles. The Kier molecular flexibility index (Phi) is 6.30. The molecule has 0 fully saturated rings. The van der Waals surface area contributed by atoms with Crippen molar-refractivity contribution in [1.82, 2.24) is 15.3 Å². The lowest BCUT2D eigenvalue weighted by atomic mass is 9.94. The maximum absolute atomic E-state index is 14.9. The van der Waals surface area contributed by atoms with Gasteiger partial charge in [-0.15, -0.1) is 0 Å². The molecular weight excluding hydrogens is 443 g/mol. The molecule has 0 radical (unpaired) electrons. The van der Waals surface area contributed by atoms with E-state index in [0.29, 0.717) is 40.9 Å². The lowest BCUT2D eigenvalue weighted by molar-refractivity contribution is 0.0826. The Bertz CT molecular complexity index is 1390. The van der Waals surface area contributed by atoms with E-state index in [-0.39, 0.29) is 17.8 Å². The number of aromatic nitrogens is 2. The first kappa shape index (κ1) is 22.4. The fourth-order valence-electron chi connectivity index (χ4n) is 4.00. The van der Waals surface area contributed by atoms with Crippen LogP contribution in [0, 0.1) is 12.7 Å². The van der Waals surface area contributed by atoms with Crippen LogP contribution in [0.25, 0.3) is 11.1 Å². The zero-order valence-corrected chi connectivity index (χ0v) is 19.1. The maximum atomic E-state index is 14.9. The molecule has 1 atom stereocenters. The molecule has 35 heavy (non-hydrogen) atoms. The molecule has 1 aliphatic rings. The number of halogens is 1. The van der Waals surface area contributed by atoms with Gasteiger partial charge in [0.05, 0.1) is 11.4 Å². The van der Waals surface area contributed by atoms with Crippen LogP contribution in [0.2, 0.25) is 0 Å². The number of benzene rings is 2. The van der Waals surface area contributed by atoms with Gasteiger partial charge in [-0.3, -0.25) is 14.8 Å². The summed E-state index contributed by atoms with van der Waals surface area (Å²) in [5.74, 6) is -0.620. The van der Waals surface area contributed by atoms with Crippen molar-refractivity contribution >= 4 is 11.6 Å². The van der Waals surface area contributed by atoms with Gasteiger partial charge >= 0.3 is 0 Å². The number of hydrogen-bond donors (Lipinski definition) is 1. The Morgan fingerprint density at radius 2 is 1.94 bits per heavy atom. The number of rotatable bonds is 6. The highest BCUT2D eigenvalue weighted by Gasteiger charge is 2.26. The summed E-state index contributed by atoms with van der Waals surface area (Å²) >= 11 is 0. The topological polar surface area (TPSA) is 76.5 Å². The lowest BCUT2D eigenvalue weighted by Crippen LogP contribution is -2.23. The molecule has 6 nitrogen and oxygen atoms in total. The monoisotopic (exact) mass is 466 g/mol. The van der Waals surface area contributed by atoms with Gasteiger partial charge in [0.25, 0.3) is 5.91 Å². The third-order valence-electron chi connectivity index (χ3n) is 5.83. The summed E-state index contributed by atoms with van der Waals surface area (Å²) < 4.78 is 14.9. The molecule has 1 aliphatic heterocycles. The van der Waals surface area contributed by atoms with E-state index in [1.54, 1.807) is 36.8 Å². The summed E-state index contributed by atoms with van der Waals surface area (Å²) in [5.41, 5.74) is 5.28. The lowest BCUT2D eigenvalue weighted by Gasteiger charge is -2.12. The van der Waals surface area contributed by atoms with E-state index in [1.807, 2.05) is 49.4 Å².